The SMILES string of the molecule is C[C@H](NC(=O)Nc1cccc(-c2ncn(C)n2)c1)c1nccs1. The number of nitrogens with zero attached hydrogens (tertiary/aromatic N) is 4. The van der Waals surface area contributed by atoms with E-state index >= 15 is 0 Å². The quantitative estimate of drug-likeness (QED) is 0.771. The molecular weight excluding hydrogens is 312 g/mol. The first kappa shape index (κ1) is 15.2. The molecule has 0 aliphatic carbocycles. The Morgan fingerprint density at radius 1 is 1.35 bits per heavy atom. The van der Waals surface area contributed by atoms with Gasteiger partial charge in [-0.1, -0.05) is 12.1 Å². The van der Waals surface area contributed by atoms with Gasteiger partial charge < -0.3 is 10.6 Å². The van der Waals surface area contributed by atoms with Gasteiger partial charge in [-0.05, 0) is 19.1 Å². The summed E-state index contributed by atoms with van der Waals surface area (Å²) in [5, 5.41) is 12.7. The van der Waals surface area contributed by atoms with Crippen molar-refractivity contribution in [2.24, 2.45) is 7.05 Å². The number of aromatic nitrogens is 4. The molecule has 23 heavy (non-hydrogen) atoms. The fourth-order valence-electron chi connectivity index (χ4n) is 2.08. The van der Waals surface area contributed by atoms with Gasteiger partial charge in [-0.15, -0.1) is 11.3 Å². The zero-order chi connectivity index (χ0) is 16.2. The van der Waals surface area contributed by atoms with Crippen molar-refractivity contribution in [1.82, 2.24) is 25.1 Å². The van der Waals surface area contributed by atoms with Crippen molar-refractivity contribution in [2.75, 3.05) is 5.32 Å². The Morgan fingerprint density at radius 2 is 2.22 bits per heavy atom. The lowest BCUT2D eigenvalue weighted by Gasteiger charge is -2.12. The molecule has 0 fully saturated rings. The molecule has 3 aromatic rings. The lowest BCUT2D eigenvalue weighted by Crippen LogP contribution is -2.31. The average molecular weight is 328 g/mol. The summed E-state index contributed by atoms with van der Waals surface area (Å²) in [5.41, 5.74) is 1.52. The van der Waals surface area contributed by atoms with E-state index in [0.717, 1.165) is 10.6 Å². The Morgan fingerprint density at radius 3 is 2.91 bits per heavy atom. The zero-order valence-corrected chi connectivity index (χ0v) is 13.5. The Balaban J connectivity index is 1.67. The van der Waals surface area contributed by atoms with Gasteiger partial charge in [-0.3, -0.25) is 4.68 Å². The van der Waals surface area contributed by atoms with E-state index < -0.39 is 0 Å². The topological polar surface area (TPSA) is 84.7 Å². The van der Waals surface area contributed by atoms with Gasteiger partial charge in [0.1, 0.15) is 11.3 Å². The van der Waals surface area contributed by atoms with Crippen LogP contribution in [-0.2, 0) is 7.05 Å². The predicted octanol–water partition coefficient (Wildman–Crippen LogP) is 2.82. The van der Waals surface area contributed by atoms with E-state index in [-0.39, 0.29) is 12.1 Å². The Kier molecular flexibility index (Phi) is 4.33. The van der Waals surface area contributed by atoms with E-state index in [0.29, 0.717) is 11.5 Å². The molecule has 1 atom stereocenters. The fraction of sp³-hybridized carbons (Fsp3) is 0.200. The molecule has 2 aromatic heterocycles. The molecule has 0 bridgehead atoms. The summed E-state index contributed by atoms with van der Waals surface area (Å²) in [7, 11) is 1.81. The molecule has 0 unspecified atom stereocenters. The number of amides is 2. The Labute approximate surface area is 137 Å². The van der Waals surface area contributed by atoms with Crippen molar-refractivity contribution in [1.29, 1.82) is 0 Å². The number of rotatable bonds is 4. The van der Waals surface area contributed by atoms with Crippen LogP contribution in [0.25, 0.3) is 11.4 Å². The minimum atomic E-state index is -0.279. The van der Waals surface area contributed by atoms with Crippen LogP contribution in [0.2, 0.25) is 0 Å². The predicted molar refractivity (Wildman–Crippen MR) is 89.1 cm³/mol. The highest BCUT2D eigenvalue weighted by Gasteiger charge is 2.12. The molecule has 0 aliphatic rings. The second kappa shape index (κ2) is 6.57. The van der Waals surface area contributed by atoms with Crippen molar-refractivity contribution in [3.63, 3.8) is 0 Å². The fourth-order valence-corrected chi connectivity index (χ4v) is 2.73. The van der Waals surface area contributed by atoms with Crippen LogP contribution in [0.5, 0.6) is 0 Å². The molecule has 0 saturated heterocycles. The van der Waals surface area contributed by atoms with Gasteiger partial charge in [-0.2, -0.15) is 5.10 Å². The monoisotopic (exact) mass is 328 g/mol. The van der Waals surface area contributed by atoms with E-state index in [2.05, 4.69) is 25.7 Å². The first-order valence-electron chi connectivity index (χ1n) is 7.05. The molecule has 8 heteroatoms. The summed E-state index contributed by atoms with van der Waals surface area (Å²) in [4.78, 5) is 20.5. The van der Waals surface area contributed by atoms with Crippen molar-refractivity contribution >= 4 is 23.1 Å². The number of anilines is 1. The van der Waals surface area contributed by atoms with E-state index in [9.17, 15) is 4.79 Å². The van der Waals surface area contributed by atoms with Gasteiger partial charge in [0.2, 0.25) is 0 Å². The van der Waals surface area contributed by atoms with Crippen LogP contribution in [-0.4, -0.2) is 25.8 Å². The minimum Gasteiger partial charge on any atom is -0.329 e. The molecule has 0 aliphatic heterocycles. The highest BCUT2D eigenvalue weighted by molar-refractivity contribution is 7.09. The number of nitrogens with one attached hydrogen (secondary N) is 2. The second-order valence-corrected chi connectivity index (χ2v) is 5.94. The van der Waals surface area contributed by atoms with Gasteiger partial charge in [0.25, 0.3) is 0 Å². The summed E-state index contributed by atoms with van der Waals surface area (Å²) in [5.74, 6) is 0.618. The number of thiazole rings is 1. The molecule has 0 radical (unpaired) electrons. The van der Waals surface area contributed by atoms with Gasteiger partial charge in [0.15, 0.2) is 5.82 Å². The minimum absolute atomic E-state index is 0.143. The van der Waals surface area contributed by atoms with Crippen LogP contribution < -0.4 is 10.6 Å². The van der Waals surface area contributed by atoms with Crippen molar-refractivity contribution in [2.45, 2.75) is 13.0 Å². The first-order chi connectivity index (χ1) is 11.1. The van der Waals surface area contributed by atoms with Gasteiger partial charge >= 0.3 is 6.03 Å². The Hall–Kier alpha value is -2.74. The maximum Gasteiger partial charge on any atom is 0.319 e. The summed E-state index contributed by atoms with van der Waals surface area (Å²) in [6.45, 7) is 1.90. The third kappa shape index (κ3) is 3.72. The van der Waals surface area contributed by atoms with Crippen LogP contribution in [0, 0.1) is 0 Å². The summed E-state index contributed by atoms with van der Waals surface area (Å²) >= 11 is 1.51. The van der Waals surface area contributed by atoms with E-state index in [4.69, 9.17) is 0 Å². The number of hydrogen-bond donors (Lipinski definition) is 2. The van der Waals surface area contributed by atoms with E-state index in [1.165, 1.54) is 11.3 Å². The molecule has 0 spiro atoms. The Bertz CT molecular complexity index is 798. The smallest absolute Gasteiger partial charge is 0.319 e. The average Bonchev–Trinajstić information content (AvgIpc) is 3.18. The lowest BCUT2D eigenvalue weighted by molar-refractivity contribution is 0.249. The van der Waals surface area contributed by atoms with E-state index in [1.807, 2.05) is 43.6 Å². The maximum atomic E-state index is 12.1. The maximum absolute atomic E-state index is 12.1. The summed E-state index contributed by atoms with van der Waals surface area (Å²) in [6, 6.07) is 6.99. The third-order valence-corrected chi connectivity index (χ3v) is 4.11. The summed E-state index contributed by atoms with van der Waals surface area (Å²) in [6.07, 6.45) is 3.36. The highest BCUT2D eigenvalue weighted by atomic mass is 32.1. The van der Waals surface area contributed by atoms with Crippen LogP contribution in [0.15, 0.2) is 42.2 Å². The highest BCUT2D eigenvalue weighted by Crippen LogP contribution is 2.19. The number of hydrogen-bond acceptors (Lipinski definition) is 5. The van der Waals surface area contributed by atoms with Crippen molar-refractivity contribution in [3.05, 3.63) is 47.2 Å². The molecule has 1 aromatic carbocycles. The standard InChI is InChI=1S/C15H16N6OS/c1-10(14-16-6-7-23-14)18-15(22)19-12-5-3-4-11(8-12)13-17-9-21(2)20-13/h3-10H,1-2H3,(H2,18,19,22)/t10-/m0/s1. The van der Waals surface area contributed by atoms with Gasteiger partial charge in [0.05, 0.1) is 6.04 Å². The van der Waals surface area contributed by atoms with Crippen molar-refractivity contribution in [3.8, 4) is 11.4 Å². The number of urea groups is 1. The molecule has 0 saturated carbocycles. The molecule has 2 heterocycles. The largest absolute Gasteiger partial charge is 0.329 e. The first-order valence-corrected chi connectivity index (χ1v) is 7.93. The summed E-state index contributed by atoms with van der Waals surface area (Å²) < 4.78 is 1.64. The molecule has 2 N–H and O–H groups in total. The van der Waals surface area contributed by atoms with Crippen molar-refractivity contribution < 1.29 is 4.79 Å². The molecular formula is C15H16N6OS. The normalized spacial score (nSPS) is 11.9. The number of aryl methyl sites for hydroxylation is 1. The number of carbonyl (C=O) groups is 1. The molecule has 3 rings (SSSR count). The van der Waals surface area contributed by atoms with Crippen LogP contribution in [0.1, 0.15) is 18.0 Å². The van der Waals surface area contributed by atoms with Crippen LogP contribution in [0.4, 0.5) is 10.5 Å². The number of carbonyl (C=O) groups excluding carboxylic acids is 1. The molecule has 118 valence electrons. The second-order valence-electron chi connectivity index (χ2n) is 5.01. The van der Waals surface area contributed by atoms with E-state index in [1.54, 1.807) is 17.2 Å². The van der Waals surface area contributed by atoms with Crippen LogP contribution >= 0.6 is 11.3 Å². The molecule has 7 nitrogen and oxygen atoms in total. The lowest BCUT2D eigenvalue weighted by atomic mass is 10.2. The third-order valence-electron chi connectivity index (χ3n) is 3.15. The van der Waals surface area contributed by atoms with Crippen LogP contribution in [0.3, 0.4) is 0 Å². The molecule has 2 amide bonds. The van der Waals surface area contributed by atoms with Gasteiger partial charge in [0, 0.05) is 29.9 Å². The van der Waals surface area contributed by atoms with Gasteiger partial charge in [-0.25, -0.2) is 14.8 Å². The zero-order valence-electron chi connectivity index (χ0n) is 12.7. The number of benzene rings is 1.